The van der Waals surface area contributed by atoms with Crippen LogP contribution in [0.5, 0.6) is 0 Å². The summed E-state index contributed by atoms with van der Waals surface area (Å²) < 4.78 is 0. The van der Waals surface area contributed by atoms with Crippen LogP contribution in [-0.2, 0) is 0 Å². The summed E-state index contributed by atoms with van der Waals surface area (Å²) in [6.45, 7) is 4.32. The number of anilines is 1. The summed E-state index contributed by atoms with van der Waals surface area (Å²) in [5, 5.41) is 11.7. The van der Waals surface area contributed by atoms with E-state index in [1.165, 1.54) is 25.7 Å². The molecule has 5 heteroatoms. The van der Waals surface area contributed by atoms with Crippen molar-refractivity contribution < 1.29 is 5.21 Å². The zero-order valence-electron chi connectivity index (χ0n) is 11.4. The topological polar surface area (TPSA) is 74.7 Å². The summed E-state index contributed by atoms with van der Waals surface area (Å²) in [4.78, 5) is 6.73. The Kier molecular flexibility index (Phi) is 4.60. The van der Waals surface area contributed by atoms with Crippen LogP contribution in [0.1, 0.15) is 38.3 Å². The third-order valence-corrected chi connectivity index (χ3v) is 3.74. The Balaban J connectivity index is 2.03. The molecule has 0 aliphatic carbocycles. The fraction of sp³-hybridized carbons (Fsp3) is 0.571. The van der Waals surface area contributed by atoms with Crippen LogP contribution < -0.4 is 10.6 Å². The van der Waals surface area contributed by atoms with Crippen LogP contribution in [0.2, 0.25) is 0 Å². The normalized spacial score (nSPS) is 17.7. The summed E-state index contributed by atoms with van der Waals surface area (Å²) in [5.41, 5.74) is 6.10. The first-order valence-corrected chi connectivity index (χ1v) is 6.94. The van der Waals surface area contributed by atoms with Gasteiger partial charge in [-0.25, -0.2) is 4.98 Å². The highest BCUT2D eigenvalue weighted by molar-refractivity contribution is 5.95. The maximum Gasteiger partial charge on any atom is 0.188 e. The Labute approximate surface area is 114 Å². The molecule has 1 fully saturated rings. The molecule has 104 valence electrons. The first kappa shape index (κ1) is 13.6. The van der Waals surface area contributed by atoms with E-state index in [9.17, 15) is 0 Å². The molecule has 1 aromatic heterocycles. The summed E-state index contributed by atoms with van der Waals surface area (Å²) in [7, 11) is 0. The number of oxime groups is 1. The average molecular weight is 262 g/mol. The lowest BCUT2D eigenvalue weighted by Gasteiger charge is -2.32. The van der Waals surface area contributed by atoms with Gasteiger partial charge in [-0.2, -0.15) is 0 Å². The highest BCUT2D eigenvalue weighted by Crippen LogP contribution is 2.24. The zero-order chi connectivity index (χ0) is 13.7. The highest BCUT2D eigenvalue weighted by Gasteiger charge is 2.19. The zero-order valence-corrected chi connectivity index (χ0v) is 11.4. The van der Waals surface area contributed by atoms with Crippen molar-refractivity contribution in [1.29, 1.82) is 0 Å². The van der Waals surface area contributed by atoms with Crippen molar-refractivity contribution in [3.63, 3.8) is 0 Å². The van der Waals surface area contributed by atoms with E-state index < -0.39 is 0 Å². The van der Waals surface area contributed by atoms with Crippen LogP contribution >= 0.6 is 0 Å². The molecule has 19 heavy (non-hydrogen) atoms. The molecule has 2 rings (SSSR count). The lowest BCUT2D eigenvalue weighted by Crippen LogP contribution is -2.34. The molecular formula is C14H22N4O. The van der Waals surface area contributed by atoms with Gasteiger partial charge < -0.3 is 15.8 Å². The molecule has 0 aromatic carbocycles. The highest BCUT2D eigenvalue weighted by atomic mass is 16.4. The molecule has 1 aliphatic heterocycles. The molecule has 0 saturated carbocycles. The molecular weight excluding hydrogens is 240 g/mol. The van der Waals surface area contributed by atoms with Crippen molar-refractivity contribution in [2.75, 3.05) is 18.0 Å². The van der Waals surface area contributed by atoms with Crippen LogP contribution in [0.15, 0.2) is 23.4 Å². The molecule has 0 unspecified atom stereocenters. The van der Waals surface area contributed by atoms with Gasteiger partial charge in [0.25, 0.3) is 0 Å². The Morgan fingerprint density at radius 1 is 1.47 bits per heavy atom. The molecule has 2 heterocycles. The second kappa shape index (κ2) is 6.41. The van der Waals surface area contributed by atoms with E-state index in [4.69, 9.17) is 10.9 Å². The molecule has 0 spiro atoms. The number of hydrogen-bond acceptors (Lipinski definition) is 4. The molecule has 0 atom stereocenters. The summed E-state index contributed by atoms with van der Waals surface area (Å²) in [5.74, 6) is 1.83. The Bertz CT molecular complexity index is 439. The number of piperidine rings is 1. The minimum Gasteiger partial charge on any atom is -0.409 e. The first-order valence-electron chi connectivity index (χ1n) is 6.94. The molecule has 0 radical (unpaired) electrons. The van der Waals surface area contributed by atoms with Gasteiger partial charge in [0.2, 0.25) is 0 Å². The largest absolute Gasteiger partial charge is 0.409 e. The molecule has 5 nitrogen and oxygen atoms in total. The van der Waals surface area contributed by atoms with E-state index in [1.807, 2.05) is 12.1 Å². The Hall–Kier alpha value is -1.78. The molecule has 0 bridgehead atoms. The number of pyridine rings is 1. The summed E-state index contributed by atoms with van der Waals surface area (Å²) in [6, 6.07) is 5.63. The summed E-state index contributed by atoms with van der Waals surface area (Å²) in [6.07, 6.45) is 5.04. The van der Waals surface area contributed by atoms with Crippen molar-refractivity contribution >= 4 is 11.7 Å². The van der Waals surface area contributed by atoms with Crippen LogP contribution in [0.3, 0.4) is 0 Å². The number of aromatic nitrogens is 1. The van der Waals surface area contributed by atoms with Crippen molar-refractivity contribution in [3.05, 3.63) is 23.9 Å². The van der Waals surface area contributed by atoms with E-state index >= 15 is 0 Å². The fourth-order valence-electron chi connectivity index (χ4n) is 2.65. The van der Waals surface area contributed by atoms with Crippen molar-refractivity contribution in [2.24, 2.45) is 16.8 Å². The van der Waals surface area contributed by atoms with Gasteiger partial charge in [-0.1, -0.05) is 31.0 Å². The van der Waals surface area contributed by atoms with Gasteiger partial charge in [-0.15, -0.1) is 0 Å². The number of hydrogen-bond donors (Lipinski definition) is 2. The minimum atomic E-state index is 0.0581. The van der Waals surface area contributed by atoms with Gasteiger partial charge >= 0.3 is 0 Å². The molecule has 1 saturated heterocycles. The van der Waals surface area contributed by atoms with Gasteiger partial charge in [0.05, 0.1) is 0 Å². The average Bonchev–Trinajstić information content (AvgIpc) is 2.48. The Morgan fingerprint density at radius 2 is 2.21 bits per heavy atom. The molecule has 3 N–H and O–H groups in total. The van der Waals surface area contributed by atoms with Crippen molar-refractivity contribution in [2.45, 2.75) is 32.6 Å². The van der Waals surface area contributed by atoms with E-state index in [-0.39, 0.29) is 5.84 Å². The monoisotopic (exact) mass is 262 g/mol. The second-order valence-corrected chi connectivity index (χ2v) is 5.09. The van der Waals surface area contributed by atoms with E-state index in [0.717, 1.165) is 24.8 Å². The molecule has 1 aliphatic rings. The predicted molar refractivity (Wildman–Crippen MR) is 76.6 cm³/mol. The molecule has 1 aromatic rings. The van der Waals surface area contributed by atoms with Gasteiger partial charge in [0.1, 0.15) is 11.5 Å². The van der Waals surface area contributed by atoms with Crippen LogP contribution in [0.4, 0.5) is 5.82 Å². The maximum absolute atomic E-state index is 8.69. The van der Waals surface area contributed by atoms with Crippen LogP contribution in [0.25, 0.3) is 0 Å². The van der Waals surface area contributed by atoms with Gasteiger partial charge in [-0.05, 0) is 30.9 Å². The van der Waals surface area contributed by atoms with Crippen molar-refractivity contribution in [1.82, 2.24) is 4.98 Å². The van der Waals surface area contributed by atoms with E-state index in [2.05, 4.69) is 22.0 Å². The number of nitrogens with zero attached hydrogens (tertiary/aromatic N) is 3. The van der Waals surface area contributed by atoms with E-state index in [1.54, 1.807) is 6.07 Å². The predicted octanol–water partition coefficient (Wildman–Crippen LogP) is 2.19. The third kappa shape index (κ3) is 3.36. The number of amidine groups is 1. The van der Waals surface area contributed by atoms with Crippen molar-refractivity contribution in [3.8, 4) is 0 Å². The lowest BCUT2D eigenvalue weighted by atomic mass is 9.92. The van der Waals surface area contributed by atoms with E-state index in [0.29, 0.717) is 5.69 Å². The maximum atomic E-state index is 8.69. The minimum absolute atomic E-state index is 0.0581. The lowest BCUT2D eigenvalue weighted by molar-refractivity contribution is 0.318. The Morgan fingerprint density at radius 3 is 2.84 bits per heavy atom. The van der Waals surface area contributed by atoms with Crippen LogP contribution in [-0.4, -0.2) is 29.1 Å². The first-order chi connectivity index (χ1) is 9.24. The SMILES string of the molecule is CCCC1CCN(c2cccc(C(N)=NO)n2)CC1. The van der Waals surface area contributed by atoms with Gasteiger partial charge in [-0.3, -0.25) is 0 Å². The second-order valence-electron chi connectivity index (χ2n) is 5.09. The fourth-order valence-corrected chi connectivity index (χ4v) is 2.65. The quantitative estimate of drug-likeness (QED) is 0.377. The van der Waals surface area contributed by atoms with Gasteiger partial charge in [0, 0.05) is 13.1 Å². The molecule has 0 amide bonds. The number of nitrogens with two attached hydrogens (primary N) is 1. The standard InChI is InChI=1S/C14H22N4O/c1-2-4-11-7-9-18(10-8-11)13-6-3-5-12(16-13)14(15)17-19/h3,5-6,11,19H,2,4,7-10H2,1H3,(H2,15,17). The third-order valence-electron chi connectivity index (χ3n) is 3.74. The number of rotatable bonds is 4. The van der Waals surface area contributed by atoms with Crippen LogP contribution in [0, 0.1) is 5.92 Å². The smallest absolute Gasteiger partial charge is 0.188 e. The van der Waals surface area contributed by atoms with Gasteiger partial charge in [0.15, 0.2) is 5.84 Å². The summed E-state index contributed by atoms with van der Waals surface area (Å²) >= 11 is 0.